The normalized spacial score (nSPS) is 18.4. The van der Waals surface area contributed by atoms with Gasteiger partial charge in [-0.2, -0.15) is 0 Å². The Kier molecular flexibility index (Phi) is 4.42. The molecule has 2 amide bonds. The van der Waals surface area contributed by atoms with Gasteiger partial charge in [0.25, 0.3) is 5.91 Å². The summed E-state index contributed by atoms with van der Waals surface area (Å²) in [6.45, 7) is 1.09. The van der Waals surface area contributed by atoms with Crippen molar-refractivity contribution in [3.8, 4) is 5.75 Å². The van der Waals surface area contributed by atoms with Crippen LogP contribution < -0.4 is 5.32 Å². The van der Waals surface area contributed by atoms with Crippen LogP contribution in [0.3, 0.4) is 0 Å². The summed E-state index contributed by atoms with van der Waals surface area (Å²) in [5.41, 5.74) is -0.393. The van der Waals surface area contributed by atoms with E-state index in [4.69, 9.17) is 0 Å². The average Bonchev–Trinajstić information content (AvgIpc) is 2.46. The van der Waals surface area contributed by atoms with Crippen molar-refractivity contribution in [1.82, 2.24) is 15.1 Å². The number of carbonyl (C=O) groups excluding carboxylic acids is 2. The number of phenols is 1. The minimum absolute atomic E-state index is 0.244. The van der Waals surface area contributed by atoms with Crippen LogP contribution in [0.1, 0.15) is 10.4 Å². The number of benzene rings is 1. The quantitative estimate of drug-likeness (QED) is 0.807. The van der Waals surface area contributed by atoms with Crippen molar-refractivity contribution in [2.24, 2.45) is 0 Å². The van der Waals surface area contributed by atoms with Gasteiger partial charge in [-0.25, -0.2) is 4.39 Å². The van der Waals surface area contributed by atoms with E-state index >= 15 is 0 Å². The number of amides is 2. The number of hydrogen-bond donors (Lipinski definition) is 2. The van der Waals surface area contributed by atoms with Crippen LogP contribution in [0.15, 0.2) is 18.2 Å². The molecule has 0 aromatic heterocycles. The van der Waals surface area contributed by atoms with Crippen molar-refractivity contribution in [2.75, 3.05) is 33.7 Å². The van der Waals surface area contributed by atoms with E-state index in [1.165, 1.54) is 21.9 Å². The number of nitrogens with one attached hydrogen (secondary N) is 1. The lowest BCUT2D eigenvalue weighted by Gasteiger charge is -2.36. The SMILES string of the molecule is CN(C)C(=O)C1CNCCN1C(=O)c1c(O)cccc1F. The fraction of sp³-hybridized carbons (Fsp3) is 0.429. The average molecular weight is 295 g/mol. The highest BCUT2D eigenvalue weighted by atomic mass is 19.1. The number of nitrogens with zero attached hydrogens (tertiary/aromatic N) is 2. The van der Waals surface area contributed by atoms with E-state index in [-0.39, 0.29) is 12.5 Å². The Hall–Kier alpha value is -2.15. The Morgan fingerprint density at radius 2 is 2.14 bits per heavy atom. The summed E-state index contributed by atoms with van der Waals surface area (Å²) in [7, 11) is 3.19. The van der Waals surface area contributed by atoms with E-state index in [0.29, 0.717) is 13.1 Å². The highest BCUT2D eigenvalue weighted by Crippen LogP contribution is 2.23. The second-order valence-electron chi connectivity index (χ2n) is 5.09. The molecule has 1 aromatic rings. The second-order valence-corrected chi connectivity index (χ2v) is 5.09. The van der Waals surface area contributed by atoms with Crippen molar-refractivity contribution in [3.63, 3.8) is 0 Å². The maximum atomic E-state index is 13.8. The molecule has 1 heterocycles. The van der Waals surface area contributed by atoms with Gasteiger partial charge in [0.15, 0.2) is 0 Å². The van der Waals surface area contributed by atoms with E-state index in [9.17, 15) is 19.1 Å². The molecule has 1 atom stereocenters. The first-order chi connectivity index (χ1) is 9.93. The Morgan fingerprint density at radius 3 is 2.76 bits per heavy atom. The Labute approximate surface area is 122 Å². The number of carbonyl (C=O) groups is 2. The van der Waals surface area contributed by atoms with Crippen molar-refractivity contribution in [1.29, 1.82) is 0 Å². The van der Waals surface area contributed by atoms with Crippen molar-refractivity contribution >= 4 is 11.8 Å². The van der Waals surface area contributed by atoms with E-state index in [1.807, 2.05) is 0 Å². The molecule has 1 aliphatic heterocycles. The van der Waals surface area contributed by atoms with Gasteiger partial charge in [0.2, 0.25) is 5.91 Å². The monoisotopic (exact) mass is 295 g/mol. The summed E-state index contributed by atoms with van der Waals surface area (Å²) >= 11 is 0. The topological polar surface area (TPSA) is 72.9 Å². The van der Waals surface area contributed by atoms with E-state index < -0.39 is 29.1 Å². The van der Waals surface area contributed by atoms with E-state index in [2.05, 4.69) is 5.32 Å². The lowest BCUT2D eigenvalue weighted by atomic mass is 10.1. The number of phenolic OH excluding ortho intramolecular Hbond substituents is 1. The van der Waals surface area contributed by atoms with Crippen molar-refractivity contribution < 1.29 is 19.1 Å². The Bertz CT molecular complexity index is 542. The molecule has 1 saturated heterocycles. The maximum Gasteiger partial charge on any atom is 0.261 e. The molecular weight excluding hydrogens is 277 g/mol. The Balaban J connectivity index is 2.33. The summed E-state index contributed by atoms with van der Waals surface area (Å²) in [4.78, 5) is 27.3. The van der Waals surface area contributed by atoms with Gasteiger partial charge >= 0.3 is 0 Å². The Morgan fingerprint density at radius 1 is 1.43 bits per heavy atom. The molecular formula is C14H18FN3O3. The third kappa shape index (κ3) is 2.97. The van der Waals surface area contributed by atoms with Crippen molar-refractivity contribution in [3.05, 3.63) is 29.6 Å². The molecule has 0 bridgehead atoms. The van der Waals surface area contributed by atoms with Crippen LogP contribution >= 0.6 is 0 Å². The largest absolute Gasteiger partial charge is 0.507 e. The summed E-state index contributed by atoms with van der Waals surface area (Å²) in [5.74, 6) is -2.14. The first-order valence-corrected chi connectivity index (χ1v) is 6.63. The summed E-state index contributed by atoms with van der Waals surface area (Å²) < 4.78 is 13.8. The lowest BCUT2D eigenvalue weighted by Crippen LogP contribution is -2.59. The van der Waals surface area contributed by atoms with Crippen molar-refractivity contribution in [2.45, 2.75) is 6.04 Å². The molecule has 1 aliphatic rings. The van der Waals surface area contributed by atoms with E-state index in [0.717, 1.165) is 6.07 Å². The molecule has 2 N–H and O–H groups in total. The third-order valence-electron chi connectivity index (χ3n) is 3.44. The molecule has 0 spiro atoms. The highest BCUT2D eigenvalue weighted by molar-refractivity contribution is 6.00. The second kappa shape index (κ2) is 6.09. The van der Waals surface area contributed by atoms with Gasteiger partial charge in [-0.05, 0) is 12.1 Å². The predicted octanol–water partition coefficient (Wildman–Crippen LogP) is 0.0335. The van der Waals surface area contributed by atoms with Gasteiger partial charge in [0, 0.05) is 33.7 Å². The number of aromatic hydroxyl groups is 1. The number of likely N-dealkylation sites (N-methyl/N-ethyl adjacent to an activating group) is 1. The summed E-state index contributed by atoms with van der Waals surface area (Å²) in [6, 6.07) is 2.97. The number of hydrogen-bond acceptors (Lipinski definition) is 4. The highest BCUT2D eigenvalue weighted by Gasteiger charge is 2.35. The van der Waals surface area contributed by atoms with Gasteiger partial charge in [-0.15, -0.1) is 0 Å². The van der Waals surface area contributed by atoms with Crippen LogP contribution in [0.5, 0.6) is 5.75 Å². The van der Waals surface area contributed by atoms with Gasteiger partial charge < -0.3 is 20.2 Å². The summed E-state index contributed by atoms with van der Waals surface area (Å²) in [6.07, 6.45) is 0. The first-order valence-electron chi connectivity index (χ1n) is 6.63. The molecule has 0 saturated carbocycles. The summed E-state index contributed by atoms with van der Waals surface area (Å²) in [5, 5.41) is 12.8. The molecule has 1 aromatic carbocycles. The van der Waals surface area contributed by atoms with Crippen LogP contribution in [0.4, 0.5) is 4.39 Å². The van der Waals surface area contributed by atoms with Gasteiger partial charge in [0.1, 0.15) is 23.2 Å². The zero-order chi connectivity index (χ0) is 15.6. The first kappa shape index (κ1) is 15.2. The van der Waals surface area contributed by atoms with Crippen LogP contribution in [0, 0.1) is 5.82 Å². The molecule has 7 heteroatoms. The lowest BCUT2D eigenvalue weighted by molar-refractivity contribution is -0.134. The van der Waals surface area contributed by atoms with Crippen LogP contribution in [0.25, 0.3) is 0 Å². The molecule has 114 valence electrons. The van der Waals surface area contributed by atoms with Gasteiger partial charge in [-0.3, -0.25) is 9.59 Å². The minimum Gasteiger partial charge on any atom is -0.507 e. The third-order valence-corrected chi connectivity index (χ3v) is 3.44. The van der Waals surface area contributed by atoms with Crippen LogP contribution in [0.2, 0.25) is 0 Å². The number of halogens is 1. The molecule has 2 rings (SSSR count). The van der Waals surface area contributed by atoms with Crippen LogP contribution in [-0.2, 0) is 4.79 Å². The molecule has 6 nitrogen and oxygen atoms in total. The molecule has 0 radical (unpaired) electrons. The predicted molar refractivity (Wildman–Crippen MR) is 74.5 cm³/mol. The molecule has 0 aliphatic carbocycles. The fourth-order valence-electron chi connectivity index (χ4n) is 2.33. The number of piperazine rings is 1. The minimum atomic E-state index is -0.797. The zero-order valence-corrected chi connectivity index (χ0v) is 12.0. The number of rotatable bonds is 2. The molecule has 1 unspecified atom stereocenters. The van der Waals surface area contributed by atoms with Crippen LogP contribution in [-0.4, -0.2) is 66.5 Å². The zero-order valence-electron chi connectivity index (χ0n) is 12.0. The standard InChI is InChI=1S/C14H18FN3O3/c1-17(2)13(20)10-8-16-6-7-18(10)14(21)12-9(15)4-3-5-11(12)19/h3-5,10,16,19H,6-8H2,1-2H3. The smallest absolute Gasteiger partial charge is 0.261 e. The maximum absolute atomic E-state index is 13.8. The van der Waals surface area contributed by atoms with E-state index in [1.54, 1.807) is 14.1 Å². The van der Waals surface area contributed by atoms with Gasteiger partial charge in [0.05, 0.1) is 0 Å². The molecule has 1 fully saturated rings. The van der Waals surface area contributed by atoms with Gasteiger partial charge in [-0.1, -0.05) is 6.07 Å². The fourth-order valence-corrected chi connectivity index (χ4v) is 2.33. The molecule has 21 heavy (non-hydrogen) atoms.